The molecule has 4 aliphatic rings. The van der Waals surface area contributed by atoms with Crippen molar-refractivity contribution >= 4 is 5.91 Å². The SMILES string of the molecule is C=CC(=O)NCCCCOC1CC[C@@]2(C)C(=CC[C@H]3[C@@H]4CC[C@H]([C@H](C)C=C[C@@H](CC)C(C)C)[C@@]4(C)CC[C@@H]32)C1. The largest absolute Gasteiger partial charge is 0.378 e. The molecule has 4 rings (SSSR count). The van der Waals surface area contributed by atoms with Gasteiger partial charge >= 0.3 is 0 Å². The van der Waals surface area contributed by atoms with Crippen LogP contribution in [0.25, 0.3) is 0 Å². The van der Waals surface area contributed by atoms with Crippen molar-refractivity contribution in [1.29, 1.82) is 0 Å². The van der Waals surface area contributed by atoms with Crippen LogP contribution in [0.4, 0.5) is 0 Å². The van der Waals surface area contributed by atoms with Gasteiger partial charge in [0.25, 0.3) is 0 Å². The van der Waals surface area contributed by atoms with Gasteiger partial charge in [0.15, 0.2) is 0 Å². The number of rotatable bonds is 12. The van der Waals surface area contributed by atoms with Gasteiger partial charge in [0.1, 0.15) is 0 Å². The van der Waals surface area contributed by atoms with E-state index in [2.05, 4.69) is 71.7 Å². The van der Waals surface area contributed by atoms with Crippen molar-refractivity contribution < 1.29 is 9.53 Å². The first-order chi connectivity index (χ1) is 18.6. The smallest absolute Gasteiger partial charge is 0.243 e. The summed E-state index contributed by atoms with van der Waals surface area (Å²) in [5, 5.41) is 2.86. The maximum atomic E-state index is 11.3. The Balaban J connectivity index is 1.34. The molecule has 3 nitrogen and oxygen atoms in total. The second-order valence-electron chi connectivity index (χ2n) is 14.5. The fourth-order valence-corrected chi connectivity index (χ4v) is 9.72. The van der Waals surface area contributed by atoms with Gasteiger partial charge in [-0.05, 0) is 129 Å². The maximum Gasteiger partial charge on any atom is 0.243 e. The zero-order valence-electron chi connectivity index (χ0n) is 26.1. The Hall–Kier alpha value is -1.35. The summed E-state index contributed by atoms with van der Waals surface area (Å²) in [6.07, 6.45) is 23.4. The van der Waals surface area contributed by atoms with Gasteiger partial charge in [-0.15, -0.1) is 0 Å². The van der Waals surface area contributed by atoms with E-state index >= 15 is 0 Å². The molecule has 0 bridgehead atoms. The molecule has 9 atom stereocenters. The number of hydrogen-bond donors (Lipinski definition) is 1. The zero-order chi connectivity index (χ0) is 28.2. The van der Waals surface area contributed by atoms with E-state index in [1.165, 1.54) is 57.4 Å². The first-order valence-corrected chi connectivity index (χ1v) is 16.5. The van der Waals surface area contributed by atoms with E-state index < -0.39 is 0 Å². The third-order valence-corrected chi connectivity index (χ3v) is 12.2. The second kappa shape index (κ2) is 13.1. The van der Waals surface area contributed by atoms with Gasteiger partial charge < -0.3 is 10.1 Å². The summed E-state index contributed by atoms with van der Waals surface area (Å²) in [7, 11) is 0. The third kappa shape index (κ3) is 6.44. The lowest BCUT2D eigenvalue weighted by Gasteiger charge is -2.58. The molecule has 3 fully saturated rings. The minimum atomic E-state index is -0.0840. The number of ether oxygens (including phenoxy) is 1. The van der Waals surface area contributed by atoms with Crippen LogP contribution in [0.5, 0.6) is 0 Å². The average Bonchev–Trinajstić information content (AvgIpc) is 3.27. The van der Waals surface area contributed by atoms with E-state index in [1.54, 1.807) is 5.57 Å². The monoisotopic (exact) mass is 537 g/mol. The van der Waals surface area contributed by atoms with Crippen molar-refractivity contribution in [1.82, 2.24) is 5.32 Å². The number of fused-ring (bicyclic) bond motifs is 5. The number of carbonyl (C=O) groups is 1. The van der Waals surface area contributed by atoms with Crippen LogP contribution in [-0.2, 0) is 9.53 Å². The first kappa shape index (κ1) is 30.6. The molecule has 220 valence electrons. The minimum Gasteiger partial charge on any atom is -0.378 e. The quantitative estimate of drug-likeness (QED) is 0.153. The Bertz CT molecular complexity index is 904. The van der Waals surface area contributed by atoms with Gasteiger partial charge in [0, 0.05) is 13.2 Å². The highest BCUT2D eigenvalue weighted by atomic mass is 16.5. The lowest BCUT2D eigenvalue weighted by atomic mass is 9.47. The molecule has 4 aliphatic carbocycles. The molecule has 1 N–H and O–H groups in total. The lowest BCUT2D eigenvalue weighted by Crippen LogP contribution is -2.51. The number of amides is 1. The van der Waals surface area contributed by atoms with Gasteiger partial charge in [-0.3, -0.25) is 4.79 Å². The van der Waals surface area contributed by atoms with Crippen molar-refractivity contribution in [2.24, 2.45) is 52.3 Å². The Kier molecular flexibility index (Phi) is 10.3. The number of hydrogen-bond acceptors (Lipinski definition) is 2. The lowest BCUT2D eigenvalue weighted by molar-refractivity contribution is -0.116. The van der Waals surface area contributed by atoms with Crippen molar-refractivity contribution in [3.63, 3.8) is 0 Å². The first-order valence-electron chi connectivity index (χ1n) is 16.5. The minimum absolute atomic E-state index is 0.0840. The van der Waals surface area contributed by atoms with Crippen LogP contribution < -0.4 is 5.32 Å². The highest BCUT2D eigenvalue weighted by molar-refractivity contribution is 5.86. The molecule has 0 heterocycles. The fraction of sp³-hybridized carbons (Fsp3) is 0.806. The van der Waals surface area contributed by atoms with Crippen molar-refractivity contribution in [3.05, 3.63) is 36.5 Å². The Morgan fingerprint density at radius 2 is 1.90 bits per heavy atom. The normalized spacial score (nSPS) is 37.5. The molecule has 0 spiro atoms. The summed E-state index contributed by atoms with van der Waals surface area (Å²) in [5.41, 5.74) is 2.61. The average molecular weight is 538 g/mol. The standard InChI is InChI=1S/C36H59NO2/c1-8-27(25(3)4)13-12-26(5)31-16-17-32-30-15-14-28-24-29(39-23-11-10-22-37-34(38)9-2)18-20-35(28,6)33(30)19-21-36(31,32)7/h9,12-14,25-27,29-33H,2,8,10-11,15-24H2,1,3-7H3,(H,37,38)/t26-,27-,29?,30+,31-,32+,33+,35+,36-/m1/s1. The summed E-state index contributed by atoms with van der Waals surface area (Å²) < 4.78 is 6.35. The van der Waals surface area contributed by atoms with Gasteiger partial charge in [0.2, 0.25) is 5.91 Å². The van der Waals surface area contributed by atoms with Crippen molar-refractivity contribution in [2.75, 3.05) is 13.2 Å². The number of carbonyl (C=O) groups excluding carboxylic acids is 1. The number of unbranched alkanes of at least 4 members (excludes halogenated alkanes) is 1. The van der Waals surface area contributed by atoms with Gasteiger partial charge in [-0.2, -0.15) is 0 Å². The topological polar surface area (TPSA) is 38.3 Å². The molecule has 1 unspecified atom stereocenters. The Labute approximate surface area is 240 Å². The van der Waals surface area contributed by atoms with Gasteiger partial charge in [0.05, 0.1) is 6.10 Å². The van der Waals surface area contributed by atoms with E-state index in [1.807, 2.05) is 0 Å². The Morgan fingerprint density at radius 3 is 2.62 bits per heavy atom. The van der Waals surface area contributed by atoms with Crippen LogP contribution in [-0.4, -0.2) is 25.2 Å². The second-order valence-corrected chi connectivity index (χ2v) is 14.5. The van der Waals surface area contributed by atoms with E-state index in [4.69, 9.17) is 4.74 Å². The van der Waals surface area contributed by atoms with Crippen LogP contribution in [0.3, 0.4) is 0 Å². The molecule has 39 heavy (non-hydrogen) atoms. The Morgan fingerprint density at radius 1 is 1.10 bits per heavy atom. The molecule has 0 radical (unpaired) electrons. The summed E-state index contributed by atoms with van der Waals surface area (Å²) in [5.74, 6) is 5.55. The summed E-state index contributed by atoms with van der Waals surface area (Å²) in [6, 6.07) is 0. The fourth-order valence-electron chi connectivity index (χ4n) is 9.72. The molecule has 0 aliphatic heterocycles. The van der Waals surface area contributed by atoms with E-state index in [0.29, 0.717) is 29.4 Å². The van der Waals surface area contributed by atoms with Crippen LogP contribution >= 0.6 is 0 Å². The van der Waals surface area contributed by atoms with Crippen LogP contribution in [0.15, 0.2) is 36.5 Å². The molecular formula is C36H59NO2. The zero-order valence-corrected chi connectivity index (χ0v) is 26.1. The van der Waals surface area contributed by atoms with E-state index in [-0.39, 0.29) is 5.91 Å². The molecule has 0 aromatic heterocycles. The maximum absolute atomic E-state index is 11.3. The van der Waals surface area contributed by atoms with Crippen molar-refractivity contribution in [2.45, 2.75) is 118 Å². The van der Waals surface area contributed by atoms with Crippen LogP contribution in [0.1, 0.15) is 112 Å². The number of nitrogens with one attached hydrogen (secondary N) is 1. The third-order valence-electron chi connectivity index (χ3n) is 12.2. The number of allylic oxidation sites excluding steroid dienone is 3. The molecular weight excluding hydrogens is 478 g/mol. The molecule has 0 aromatic carbocycles. The predicted octanol–water partition coefficient (Wildman–Crippen LogP) is 8.91. The summed E-state index contributed by atoms with van der Waals surface area (Å²) >= 11 is 0. The van der Waals surface area contributed by atoms with Crippen LogP contribution in [0.2, 0.25) is 0 Å². The van der Waals surface area contributed by atoms with E-state index in [0.717, 1.165) is 61.4 Å². The predicted molar refractivity (Wildman–Crippen MR) is 164 cm³/mol. The molecule has 0 aromatic rings. The van der Waals surface area contributed by atoms with Crippen molar-refractivity contribution in [3.8, 4) is 0 Å². The molecule has 3 saturated carbocycles. The van der Waals surface area contributed by atoms with Crippen LogP contribution in [0, 0.1) is 52.3 Å². The highest BCUT2D eigenvalue weighted by Gasteiger charge is 2.59. The summed E-state index contributed by atoms with van der Waals surface area (Å²) in [4.78, 5) is 11.3. The highest BCUT2D eigenvalue weighted by Crippen LogP contribution is 2.67. The van der Waals surface area contributed by atoms with Gasteiger partial charge in [-0.1, -0.05) is 71.9 Å². The summed E-state index contributed by atoms with van der Waals surface area (Å²) in [6.45, 7) is 19.9. The molecule has 0 saturated heterocycles. The van der Waals surface area contributed by atoms with Gasteiger partial charge in [-0.25, -0.2) is 0 Å². The van der Waals surface area contributed by atoms with E-state index in [9.17, 15) is 4.79 Å². The molecule has 3 heteroatoms. The molecule has 1 amide bonds.